The maximum atomic E-state index is 12.4. The standard InChI is InChI=1S/C16H14Cl2N2O3S/c1-19-16(21)9-4-11-2-6-13(7-3-11)24(22,23)20-12-5-8-14(17)15(18)10-12/h2-10,20H,1H3,(H,19,21)/b9-4+. The van der Waals surface area contributed by atoms with Crippen LogP contribution in [-0.4, -0.2) is 21.4 Å². The first-order valence-electron chi connectivity index (χ1n) is 6.79. The fourth-order valence-electron chi connectivity index (χ4n) is 1.79. The number of benzene rings is 2. The summed E-state index contributed by atoms with van der Waals surface area (Å²) in [5.41, 5.74) is 1.01. The van der Waals surface area contributed by atoms with Crippen LogP contribution in [0.4, 0.5) is 5.69 Å². The number of anilines is 1. The van der Waals surface area contributed by atoms with E-state index in [1.165, 1.54) is 43.5 Å². The molecule has 0 saturated heterocycles. The van der Waals surface area contributed by atoms with Crippen molar-refractivity contribution in [2.75, 3.05) is 11.8 Å². The molecule has 0 radical (unpaired) electrons. The molecule has 0 aliphatic heterocycles. The van der Waals surface area contributed by atoms with Crippen molar-refractivity contribution in [3.8, 4) is 0 Å². The van der Waals surface area contributed by atoms with Gasteiger partial charge >= 0.3 is 0 Å². The van der Waals surface area contributed by atoms with Gasteiger partial charge in [-0.2, -0.15) is 0 Å². The van der Waals surface area contributed by atoms with Crippen molar-refractivity contribution in [1.82, 2.24) is 5.32 Å². The van der Waals surface area contributed by atoms with E-state index in [0.717, 1.165) is 0 Å². The van der Waals surface area contributed by atoms with Gasteiger partial charge in [0.1, 0.15) is 0 Å². The summed E-state index contributed by atoms with van der Waals surface area (Å²) >= 11 is 11.7. The molecule has 5 nitrogen and oxygen atoms in total. The van der Waals surface area contributed by atoms with Crippen LogP contribution in [-0.2, 0) is 14.8 Å². The summed E-state index contributed by atoms with van der Waals surface area (Å²) < 4.78 is 27.1. The summed E-state index contributed by atoms with van der Waals surface area (Å²) in [6.45, 7) is 0. The number of hydrogen-bond acceptors (Lipinski definition) is 3. The van der Waals surface area contributed by atoms with E-state index in [4.69, 9.17) is 23.2 Å². The van der Waals surface area contributed by atoms with Crippen LogP contribution in [0.25, 0.3) is 6.08 Å². The zero-order valence-corrected chi connectivity index (χ0v) is 14.9. The predicted octanol–water partition coefficient (Wildman–Crippen LogP) is 3.55. The van der Waals surface area contributed by atoms with Gasteiger partial charge in [0, 0.05) is 13.1 Å². The molecule has 2 aromatic rings. The third-order valence-corrected chi connectivity index (χ3v) is 5.17. The van der Waals surface area contributed by atoms with Crippen LogP contribution in [0.3, 0.4) is 0 Å². The molecule has 2 N–H and O–H groups in total. The lowest BCUT2D eigenvalue weighted by Gasteiger charge is -2.09. The Balaban J connectivity index is 2.18. The topological polar surface area (TPSA) is 75.3 Å². The molecular weight excluding hydrogens is 371 g/mol. The summed E-state index contributed by atoms with van der Waals surface area (Å²) in [6.07, 6.45) is 2.94. The zero-order valence-electron chi connectivity index (χ0n) is 12.6. The average Bonchev–Trinajstić information content (AvgIpc) is 2.56. The summed E-state index contributed by atoms with van der Waals surface area (Å²) in [6, 6.07) is 10.6. The first-order valence-corrected chi connectivity index (χ1v) is 9.03. The van der Waals surface area contributed by atoms with E-state index in [2.05, 4.69) is 10.0 Å². The molecule has 24 heavy (non-hydrogen) atoms. The lowest BCUT2D eigenvalue weighted by molar-refractivity contribution is -0.115. The van der Waals surface area contributed by atoms with Gasteiger partial charge in [-0.05, 0) is 42.0 Å². The highest BCUT2D eigenvalue weighted by molar-refractivity contribution is 7.92. The summed E-state index contributed by atoms with van der Waals surface area (Å²) in [7, 11) is -2.23. The second kappa shape index (κ2) is 7.70. The number of carbonyl (C=O) groups excluding carboxylic acids is 1. The smallest absolute Gasteiger partial charge is 0.261 e. The number of nitrogens with one attached hydrogen (secondary N) is 2. The fraction of sp³-hybridized carbons (Fsp3) is 0.0625. The number of sulfonamides is 1. The van der Waals surface area contributed by atoms with Crippen molar-refractivity contribution in [2.24, 2.45) is 0 Å². The number of rotatable bonds is 5. The van der Waals surface area contributed by atoms with E-state index >= 15 is 0 Å². The number of halogens is 2. The second-order valence-corrected chi connectivity index (χ2v) is 7.25. The number of hydrogen-bond donors (Lipinski definition) is 2. The monoisotopic (exact) mass is 384 g/mol. The first kappa shape index (κ1) is 18.3. The Kier molecular flexibility index (Phi) is 5.88. The van der Waals surface area contributed by atoms with Gasteiger partial charge in [-0.1, -0.05) is 35.3 Å². The minimum atomic E-state index is -3.75. The van der Waals surface area contributed by atoms with Crippen molar-refractivity contribution < 1.29 is 13.2 Å². The summed E-state index contributed by atoms with van der Waals surface area (Å²) in [5, 5.41) is 3.05. The molecule has 0 bridgehead atoms. The highest BCUT2D eigenvalue weighted by Crippen LogP contribution is 2.26. The van der Waals surface area contributed by atoms with Crippen molar-refractivity contribution in [3.05, 3.63) is 64.1 Å². The lowest BCUT2D eigenvalue weighted by Crippen LogP contribution is -2.14. The quantitative estimate of drug-likeness (QED) is 0.773. The first-order chi connectivity index (χ1) is 11.3. The highest BCUT2D eigenvalue weighted by Gasteiger charge is 2.14. The van der Waals surface area contributed by atoms with E-state index in [1.807, 2.05) is 0 Å². The molecule has 2 rings (SSSR count). The van der Waals surface area contributed by atoms with Crippen LogP contribution < -0.4 is 10.0 Å². The Labute approximate surface area is 150 Å². The van der Waals surface area contributed by atoms with Crippen LogP contribution in [0.5, 0.6) is 0 Å². The molecule has 0 heterocycles. The van der Waals surface area contributed by atoms with E-state index in [1.54, 1.807) is 18.2 Å². The second-order valence-electron chi connectivity index (χ2n) is 4.75. The Hall–Kier alpha value is -2.02. The van der Waals surface area contributed by atoms with Crippen molar-refractivity contribution >= 4 is 50.9 Å². The molecule has 0 fully saturated rings. The minimum Gasteiger partial charge on any atom is -0.356 e. The molecule has 0 aliphatic carbocycles. The van der Waals surface area contributed by atoms with Crippen molar-refractivity contribution in [2.45, 2.75) is 4.90 Å². The maximum absolute atomic E-state index is 12.4. The summed E-state index contributed by atoms with van der Waals surface area (Å²) in [4.78, 5) is 11.2. The van der Waals surface area contributed by atoms with E-state index in [0.29, 0.717) is 16.3 Å². The van der Waals surface area contributed by atoms with Crippen LogP contribution >= 0.6 is 23.2 Å². The van der Waals surface area contributed by atoms with Gasteiger partial charge in [0.2, 0.25) is 5.91 Å². The molecule has 0 saturated carbocycles. The minimum absolute atomic E-state index is 0.0886. The van der Waals surface area contributed by atoms with E-state index in [9.17, 15) is 13.2 Å². The third kappa shape index (κ3) is 4.74. The normalized spacial score (nSPS) is 11.5. The van der Waals surface area contributed by atoms with Crippen molar-refractivity contribution in [1.29, 1.82) is 0 Å². The Morgan fingerprint density at radius 2 is 1.71 bits per heavy atom. The molecule has 0 aromatic heterocycles. The molecule has 0 atom stereocenters. The SMILES string of the molecule is CNC(=O)/C=C/c1ccc(S(=O)(=O)Nc2ccc(Cl)c(Cl)c2)cc1. The zero-order chi connectivity index (χ0) is 17.7. The third-order valence-electron chi connectivity index (χ3n) is 3.04. The van der Waals surface area contributed by atoms with Crippen LogP contribution in [0, 0.1) is 0 Å². The summed E-state index contributed by atoms with van der Waals surface area (Å²) in [5.74, 6) is -0.243. The number of carbonyl (C=O) groups is 1. The highest BCUT2D eigenvalue weighted by atomic mass is 35.5. The van der Waals surface area contributed by atoms with Gasteiger partial charge in [0.05, 0.1) is 20.6 Å². The molecular formula is C16H14Cl2N2O3S. The van der Waals surface area contributed by atoms with E-state index < -0.39 is 10.0 Å². The number of likely N-dealkylation sites (N-methyl/N-ethyl adjacent to an activating group) is 1. The predicted molar refractivity (Wildman–Crippen MR) is 96.8 cm³/mol. The average molecular weight is 385 g/mol. The van der Waals surface area contributed by atoms with Gasteiger partial charge < -0.3 is 5.32 Å². The Morgan fingerprint density at radius 1 is 1.04 bits per heavy atom. The Bertz CT molecular complexity index is 879. The van der Waals surface area contributed by atoms with Gasteiger partial charge in [-0.3, -0.25) is 9.52 Å². The lowest BCUT2D eigenvalue weighted by atomic mass is 10.2. The van der Waals surface area contributed by atoms with E-state index in [-0.39, 0.29) is 15.8 Å². The molecule has 8 heteroatoms. The van der Waals surface area contributed by atoms with Crippen LogP contribution in [0.15, 0.2) is 53.4 Å². The molecule has 126 valence electrons. The molecule has 0 aliphatic rings. The van der Waals surface area contributed by atoms with Crippen LogP contribution in [0.1, 0.15) is 5.56 Å². The molecule has 2 aromatic carbocycles. The molecule has 0 spiro atoms. The fourth-order valence-corrected chi connectivity index (χ4v) is 3.13. The maximum Gasteiger partial charge on any atom is 0.261 e. The molecule has 0 unspecified atom stereocenters. The Morgan fingerprint density at radius 3 is 2.29 bits per heavy atom. The largest absolute Gasteiger partial charge is 0.356 e. The molecule has 1 amide bonds. The van der Waals surface area contributed by atoms with Gasteiger partial charge in [-0.25, -0.2) is 8.42 Å². The number of amides is 1. The van der Waals surface area contributed by atoms with Crippen LogP contribution in [0.2, 0.25) is 10.0 Å². The van der Waals surface area contributed by atoms with Gasteiger partial charge in [0.15, 0.2) is 0 Å². The van der Waals surface area contributed by atoms with Crippen molar-refractivity contribution in [3.63, 3.8) is 0 Å². The van der Waals surface area contributed by atoms with Gasteiger partial charge in [0.25, 0.3) is 10.0 Å². The van der Waals surface area contributed by atoms with Gasteiger partial charge in [-0.15, -0.1) is 0 Å².